The van der Waals surface area contributed by atoms with Gasteiger partial charge in [-0.2, -0.15) is 5.26 Å². The van der Waals surface area contributed by atoms with E-state index in [9.17, 15) is 0 Å². The van der Waals surface area contributed by atoms with Crippen molar-refractivity contribution >= 4 is 5.69 Å². The van der Waals surface area contributed by atoms with E-state index in [1.54, 1.807) is 0 Å². The van der Waals surface area contributed by atoms with E-state index in [1.165, 1.54) is 5.56 Å². The lowest BCUT2D eigenvalue weighted by Gasteiger charge is -2.30. The highest BCUT2D eigenvalue weighted by Crippen LogP contribution is 2.29. The molecule has 1 aliphatic heterocycles. The van der Waals surface area contributed by atoms with Gasteiger partial charge in [-0.1, -0.05) is 18.2 Å². The Morgan fingerprint density at radius 3 is 2.74 bits per heavy atom. The third-order valence-electron chi connectivity index (χ3n) is 3.24. The van der Waals surface area contributed by atoms with E-state index in [2.05, 4.69) is 6.07 Å². The normalized spacial score (nSPS) is 13.5. The zero-order valence-electron chi connectivity index (χ0n) is 10.5. The largest absolute Gasteiger partial charge is 0.380 e. The van der Waals surface area contributed by atoms with Crippen LogP contribution < -0.4 is 9.90 Å². The first-order valence-corrected chi connectivity index (χ1v) is 6.40. The molecule has 0 radical (unpaired) electrons. The Bertz CT molecular complexity index is 616. The number of rotatable bonds is 2. The van der Waals surface area contributed by atoms with Crippen molar-refractivity contribution in [2.75, 3.05) is 11.6 Å². The van der Waals surface area contributed by atoms with Gasteiger partial charge in [0.15, 0.2) is 5.75 Å². The molecule has 0 unspecified atom stereocenters. The molecule has 0 saturated heterocycles. The number of nitrogens with zero attached hydrogens (tertiary/aromatic N) is 2. The van der Waals surface area contributed by atoms with Gasteiger partial charge in [-0.3, -0.25) is 0 Å². The fourth-order valence-corrected chi connectivity index (χ4v) is 2.34. The summed E-state index contributed by atoms with van der Waals surface area (Å²) in [6.45, 7) is 0.869. The van der Waals surface area contributed by atoms with Gasteiger partial charge in [0, 0.05) is 0 Å². The van der Waals surface area contributed by atoms with Crippen LogP contribution in [0.5, 0.6) is 5.75 Å². The first-order chi connectivity index (χ1) is 9.36. The molecule has 0 atom stereocenters. The molecule has 94 valence electrons. The number of nitriles is 1. The molecule has 1 heterocycles. The highest BCUT2D eigenvalue weighted by molar-refractivity contribution is 5.57. The minimum atomic E-state index is 0.709. The van der Waals surface area contributed by atoms with Crippen molar-refractivity contribution in [2.45, 2.75) is 12.8 Å². The molecule has 0 N–H and O–H groups in total. The molecule has 2 aromatic rings. The van der Waals surface area contributed by atoms with E-state index in [0.29, 0.717) is 5.56 Å². The van der Waals surface area contributed by atoms with E-state index in [-0.39, 0.29) is 0 Å². The maximum absolute atomic E-state index is 8.95. The summed E-state index contributed by atoms with van der Waals surface area (Å²) in [5, 5.41) is 10.9. The molecule has 0 bridgehead atoms. The molecule has 3 nitrogen and oxygen atoms in total. The van der Waals surface area contributed by atoms with Gasteiger partial charge >= 0.3 is 0 Å². The summed E-state index contributed by atoms with van der Waals surface area (Å²) in [6, 6.07) is 17.7. The number of hydrogen-bond acceptors (Lipinski definition) is 3. The van der Waals surface area contributed by atoms with E-state index >= 15 is 0 Å². The summed E-state index contributed by atoms with van der Waals surface area (Å²) in [6.07, 6.45) is 2.04. The molecule has 3 rings (SSSR count). The molecule has 0 saturated carbocycles. The standard InChI is InChI=1S/C16H14N2O/c17-12-13-8-9-16-14(11-13)5-4-10-18(16)19-15-6-2-1-3-7-15/h1-3,6-9,11H,4-5,10H2. The Kier molecular flexibility index (Phi) is 3.07. The van der Waals surface area contributed by atoms with Crippen LogP contribution in [-0.2, 0) is 6.42 Å². The Balaban J connectivity index is 1.89. The Hall–Kier alpha value is -2.47. The minimum absolute atomic E-state index is 0.709. The number of hydrogen-bond donors (Lipinski definition) is 0. The number of anilines is 1. The van der Waals surface area contributed by atoms with Crippen LogP contribution in [0.4, 0.5) is 5.69 Å². The third-order valence-corrected chi connectivity index (χ3v) is 3.24. The van der Waals surface area contributed by atoms with Gasteiger partial charge < -0.3 is 4.84 Å². The number of para-hydroxylation sites is 1. The number of fused-ring (bicyclic) bond motifs is 1. The average Bonchev–Trinajstić information content (AvgIpc) is 2.48. The maximum Gasteiger partial charge on any atom is 0.155 e. The van der Waals surface area contributed by atoms with Gasteiger partial charge in [0.2, 0.25) is 0 Å². The summed E-state index contributed by atoms with van der Waals surface area (Å²) < 4.78 is 0. The topological polar surface area (TPSA) is 36.3 Å². The lowest BCUT2D eigenvalue weighted by Crippen LogP contribution is -2.32. The maximum atomic E-state index is 8.95. The predicted molar refractivity (Wildman–Crippen MR) is 73.9 cm³/mol. The Morgan fingerprint density at radius 1 is 1.11 bits per heavy atom. The molecule has 3 heteroatoms. The summed E-state index contributed by atoms with van der Waals surface area (Å²) in [7, 11) is 0. The first-order valence-electron chi connectivity index (χ1n) is 6.40. The highest BCUT2D eigenvalue weighted by Gasteiger charge is 2.18. The summed E-state index contributed by atoms with van der Waals surface area (Å²) in [5.74, 6) is 0.833. The van der Waals surface area contributed by atoms with E-state index in [0.717, 1.165) is 30.8 Å². The van der Waals surface area contributed by atoms with E-state index in [1.807, 2.05) is 53.6 Å². The third kappa shape index (κ3) is 2.38. The predicted octanol–water partition coefficient (Wildman–Crippen LogP) is 3.30. The van der Waals surface area contributed by atoms with Gasteiger partial charge in [-0.25, -0.2) is 5.06 Å². The minimum Gasteiger partial charge on any atom is -0.380 e. The van der Waals surface area contributed by atoms with Crippen LogP contribution in [0.3, 0.4) is 0 Å². The van der Waals surface area contributed by atoms with Crippen LogP contribution in [-0.4, -0.2) is 6.54 Å². The number of hydroxylamine groups is 1. The zero-order chi connectivity index (χ0) is 13.1. The molecule has 0 aliphatic carbocycles. The number of aryl methyl sites for hydroxylation is 1. The van der Waals surface area contributed by atoms with Crippen LogP contribution in [0.15, 0.2) is 48.5 Å². The molecule has 0 spiro atoms. The molecular weight excluding hydrogens is 236 g/mol. The van der Waals surface area contributed by atoms with Crippen LogP contribution >= 0.6 is 0 Å². The fraction of sp³-hybridized carbons (Fsp3) is 0.188. The lowest BCUT2D eigenvalue weighted by atomic mass is 10.0. The van der Waals surface area contributed by atoms with Gasteiger partial charge in [-0.05, 0) is 48.7 Å². The van der Waals surface area contributed by atoms with E-state index in [4.69, 9.17) is 10.1 Å². The van der Waals surface area contributed by atoms with Crippen molar-refractivity contribution in [3.05, 3.63) is 59.7 Å². The highest BCUT2D eigenvalue weighted by atomic mass is 16.7. The van der Waals surface area contributed by atoms with E-state index < -0.39 is 0 Å². The quantitative estimate of drug-likeness (QED) is 0.820. The summed E-state index contributed by atoms with van der Waals surface area (Å²) in [5.41, 5.74) is 2.95. The van der Waals surface area contributed by atoms with Gasteiger partial charge in [0.25, 0.3) is 0 Å². The van der Waals surface area contributed by atoms with Crippen molar-refractivity contribution in [3.63, 3.8) is 0 Å². The second kappa shape index (κ2) is 5.03. The van der Waals surface area contributed by atoms with Crippen LogP contribution in [0.1, 0.15) is 17.5 Å². The monoisotopic (exact) mass is 250 g/mol. The Labute approximate surface area is 112 Å². The second-order valence-corrected chi connectivity index (χ2v) is 4.57. The zero-order valence-corrected chi connectivity index (χ0v) is 10.5. The van der Waals surface area contributed by atoms with Crippen molar-refractivity contribution in [1.29, 1.82) is 5.26 Å². The van der Waals surface area contributed by atoms with Gasteiger partial charge in [0.05, 0.1) is 23.9 Å². The van der Waals surface area contributed by atoms with Gasteiger partial charge in [-0.15, -0.1) is 0 Å². The van der Waals surface area contributed by atoms with Gasteiger partial charge in [0.1, 0.15) is 0 Å². The molecule has 1 aliphatic rings. The second-order valence-electron chi connectivity index (χ2n) is 4.57. The van der Waals surface area contributed by atoms with Crippen molar-refractivity contribution < 1.29 is 4.84 Å². The summed E-state index contributed by atoms with van der Waals surface area (Å²) in [4.78, 5) is 5.91. The van der Waals surface area contributed by atoms with Crippen molar-refractivity contribution in [1.82, 2.24) is 0 Å². The molecule has 19 heavy (non-hydrogen) atoms. The average molecular weight is 250 g/mol. The smallest absolute Gasteiger partial charge is 0.155 e. The SMILES string of the molecule is N#Cc1ccc2c(c1)CCCN2Oc1ccccc1. The van der Waals surface area contributed by atoms with Crippen molar-refractivity contribution in [2.24, 2.45) is 0 Å². The fourth-order valence-electron chi connectivity index (χ4n) is 2.34. The lowest BCUT2D eigenvalue weighted by molar-refractivity contribution is 0.270. The molecular formula is C16H14N2O. The molecule has 0 amide bonds. The van der Waals surface area contributed by atoms with Crippen LogP contribution in [0.25, 0.3) is 0 Å². The van der Waals surface area contributed by atoms with Crippen LogP contribution in [0, 0.1) is 11.3 Å². The summed E-state index contributed by atoms with van der Waals surface area (Å²) >= 11 is 0. The molecule has 2 aromatic carbocycles. The van der Waals surface area contributed by atoms with Crippen molar-refractivity contribution in [3.8, 4) is 11.8 Å². The first kappa shape index (κ1) is 11.6. The Morgan fingerprint density at radius 2 is 1.95 bits per heavy atom. The molecule has 0 fully saturated rings. The van der Waals surface area contributed by atoms with Crippen LogP contribution in [0.2, 0.25) is 0 Å². The molecule has 0 aromatic heterocycles. The number of benzene rings is 2.